The number of nitrogens with zero attached hydrogens (tertiary/aromatic N) is 3. The van der Waals surface area contributed by atoms with Gasteiger partial charge in [0.15, 0.2) is 5.84 Å². The fraction of sp³-hybridized carbons (Fsp3) is 0.538. The molecule has 1 aromatic rings. The van der Waals surface area contributed by atoms with Crippen LogP contribution in [0.3, 0.4) is 0 Å². The Hall–Kier alpha value is -1.49. The average Bonchev–Trinajstić information content (AvgIpc) is 2.35. The summed E-state index contributed by atoms with van der Waals surface area (Å²) in [7, 11) is 0. The zero-order valence-corrected chi connectivity index (χ0v) is 12.5. The smallest absolute Gasteiger partial charge is 0.171 e. The van der Waals surface area contributed by atoms with Crippen molar-refractivity contribution in [3.63, 3.8) is 0 Å². The fourth-order valence-electron chi connectivity index (χ4n) is 1.82. The summed E-state index contributed by atoms with van der Waals surface area (Å²) < 4.78 is 0. The number of halogens is 1. The lowest BCUT2D eigenvalue weighted by Crippen LogP contribution is -2.35. The van der Waals surface area contributed by atoms with Crippen LogP contribution < -0.4 is 10.6 Å². The molecule has 0 saturated carbocycles. The van der Waals surface area contributed by atoms with Crippen LogP contribution in [0.2, 0.25) is 5.02 Å². The van der Waals surface area contributed by atoms with Crippen LogP contribution in [0.25, 0.3) is 0 Å². The van der Waals surface area contributed by atoms with Gasteiger partial charge in [0.1, 0.15) is 5.82 Å². The second-order valence-corrected chi connectivity index (χ2v) is 5.50. The van der Waals surface area contributed by atoms with Gasteiger partial charge >= 0.3 is 0 Å². The van der Waals surface area contributed by atoms with Crippen LogP contribution in [0, 0.1) is 5.92 Å². The van der Waals surface area contributed by atoms with E-state index in [0.717, 1.165) is 6.54 Å². The molecular weight excluding hydrogens is 264 g/mol. The Kier molecular flexibility index (Phi) is 5.42. The van der Waals surface area contributed by atoms with Crippen LogP contribution in [0.15, 0.2) is 17.4 Å². The summed E-state index contributed by atoms with van der Waals surface area (Å²) in [6.07, 6.45) is 1.62. The van der Waals surface area contributed by atoms with Gasteiger partial charge in [-0.05, 0) is 25.8 Å². The number of pyridine rings is 1. The van der Waals surface area contributed by atoms with E-state index in [9.17, 15) is 0 Å². The molecule has 0 amide bonds. The molecule has 0 saturated heterocycles. The van der Waals surface area contributed by atoms with Gasteiger partial charge in [-0.2, -0.15) is 0 Å². The largest absolute Gasteiger partial charge is 0.409 e. The van der Waals surface area contributed by atoms with Crippen molar-refractivity contribution in [3.8, 4) is 0 Å². The Morgan fingerprint density at radius 1 is 1.47 bits per heavy atom. The molecule has 0 aromatic carbocycles. The molecule has 0 unspecified atom stereocenters. The Bertz CT molecular complexity index is 460. The summed E-state index contributed by atoms with van der Waals surface area (Å²) in [5.74, 6) is 1.13. The van der Waals surface area contributed by atoms with Crippen LogP contribution in [0.1, 0.15) is 33.3 Å². The maximum Gasteiger partial charge on any atom is 0.171 e. The SMILES string of the molecule is CC(C)CN(c1nccc(/C(N)=N/O)c1Cl)C(C)C. The van der Waals surface area contributed by atoms with Gasteiger partial charge in [0.25, 0.3) is 0 Å². The van der Waals surface area contributed by atoms with Crippen LogP contribution in [0.4, 0.5) is 5.82 Å². The maximum absolute atomic E-state index is 8.77. The molecule has 0 aliphatic carbocycles. The van der Waals surface area contributed by atoms with E-state index in [4.69, 9.17) is 22.5 Å². The second-order valence-electron chi connectivity index (χ2n) is 5.12. The van der Waals surface area contributed by atoms with Crippen LogP contribution in [-0.2, 0) is 0 Å². The summed E-state index contributed by atoms with van der Waals surface area (Å²) in [5, 5.41) is 12.2. The zero-order valence-electron chi connectivity index (χ0n) is 11.8. The summed E-state index contributed by atoms with van der Waals surface area (Å²) >= 11 is 6.33. The van der Waals surface area contributed by atoms with E-state index in [1.807, 2.05) is 0 Å². The van der Waals surface area contributed by atoms with Gasteiger partial charge in [-0.25, -0.2) is 4.98 Å². The van der Waals surface area contributed by atoms with E-state index >= 15 is 0 Å². The zero-order chi connectivity index (χ0) is 14.6. The Balaban J connectivity index is 3.24. The lowest BCUT2D eigenvalue weighted by molar-refractivity contribution is 0.318. The van der Waals surface area contributed by atoms with Crippen molar-refractivity contribution in [1.29, 1.82) is 0 Å². The van der Waals surface area contributed by atoms with Gasteiger partial charge in [0.2, 0.25) is 0 Å². The van der Waals surface area contributed by atoms with E-state index in [-0.39, 0.29) is 11.9 Å². The monoisotopic (exact) mass is 284 g/mol. The molecule has 0 spiro atoms. The van der Waals surface area contributed by atoms with Crippen LogP contribution >= 0.6 is 11.6 Å². The number of nitrogens with two attached hydrogens (primary N) is 1. The molecule has 0 aliphatic heterocycles. The van der Waals surface area contributed by atoms with E-state index < -0.39 is 0 Å². The highest BCUT2D eigenvalue weighted by Crippen LogP contribution is 2.28. The van der Waals surface area contributed by atoms with Crippen molar-refractivity contribution in [2.45, 2.75) is 33.7 Å². The molecule has 1 heterocycles. The minimum absolute atomic E-state index is 0.0121. The van der Waals surface area contributed by atoms with Crippen molar-refractivity contribution < 1.29 is 5.21 Å². The fourth-order valence-corrected chi connectivity index (χ4v) is 2.14. The predicted octanol–water partition coefficient (Wildman–Crippen LogP) is 2.70. The molecule has 0 bridgehead atoms. The molecule has 0 fully saturated rings. The lowest BCUT2D eigenvalue weighted by atomic mass is 10.1. The summed E-state index contributed by atoms with van der Waals surface area (Å²) in [4.78, 5) is 6.44. The Morgan fingerprint density at radius 3 is 2.58 bits per heavy atom. The molecule has 3 N–H and O–H groups in total. The first-order valence-corrected chi connectivity index (χ1v) is 6.65. The predicted molar refractivity (Wildman–Crippen MR) is 79.1 cm³/mol. The first-order valence-electron chi connectivity index (χ1n) is 6.27. The highest BCUT2D eigenvalue weighted by Gasteiger charge is 2.19. The molecule has 106 valence electrons. The third kappa shape index (κ3) is 3.73. The molecule has 0 atom stereocenters. The van der Waals surface area contributed by atoms with Crippen molar-refractivity contribution in [3.05, 3.63) is 22.8 Å². The maximum atomic E-state index is 8.77. The number of hydrogen-bond donors (Lipinski definition) is 2. The van der Waals surface area contributed by atoms with E-state index in [0.29, 0.717) is 22.3 Å². The molecule has 0 aliphatic rings. The molecule has 19 heavy (non-hydrogen) atoms. The van der Waals surface area contributed by atoms with Crippen molar-refractivity contribution >= 4 is 23.3 Å². The van der Waals surface area contributed by atoms with Crippen molar-refractivity contribution in [2.75, 3.05) is 11.4 Å². The third-order valence-electron chi connectivity index (χ3n) is 2.71. The van der Waals surface area contributed by atoms with Gasteiger partial charge in [0, 0.05) is 24.3 Å². The number of anilines is 1. The normalized spacial score (nSPS) is 12.3. The molecular formula is C13H21ClN4O. The number of oxime groups is 1. The minimum atomic E-state index is -0.0121. The summed E-state index contributed by atoms with van der Waals surface area (Å²) in [6, 6.07) is 1.89. The van der Waals surface area contributed by atoms with Gasteiger partial charge in [-0.3, -0.25) is 0 Å². The molecule has 1 aromatic heterocycles. The summed E-state index contributed by atoms with van der Waals surface area (Å²) in [5.41, 5.74) is 6.10. The van der Waals surface area contributed by atoms with Gasteiger partial charge in [0.05, 0.1) is 5.02 Å². The topological polar surface area (TPSA) is 74.7 Å². The highest BCUT2D eigenvalue weighted by atomic mass is 35.5. The Morgan fingerprint density at radius 2 is 2.11 bits per heavy atom. The number of hydrogen-bond acceptors (Lipinski definition) is 4. The van der Waals surface area contributed by atoms with E-state index in [2.05, 4.69) is 42.7 Å². The standard InChI is InChI=1S/C13H21ClN4O/c1-8(2)7-18(9(3)4)13-11(14)10(5-6-16-13)12(15)17-19/h5-6,8-9,19H,7H2,1-4H3,(H2,15,17). The van der Waals surface area contributed by atoms with E-state index in [1.54, 1.807) is 12.3 Å². The van der Waals surface area contributed by atoms with Crippen LogP contribution in [-0.4, -0.2) is 28.6 Å². The quantitative estimate of drug-likeness (QED) is 0.377. The first-order chi connectivity index (χ1) is 8.88. The van der Waals surface area contributed by atoms with E-state index in [1.165, 1.54) is 0 Å². The Labute approximate surface area is 119 Å². The van der Waals surface area contributed by atoms with Crippen molar-refractivity contribution in [1.82, 2.24) is 4.98 Å². The third-order valence-corrected chi connectivity index (χ3v) is 3.08. The number of rotatable bonds is 5. The highest BCUT2D eigenvalue weighted by molar-refractivity contribution is 6.36. The first kappa shape index (κ1) is 15.6. The number of aromatic nitrogens is 1. The second kappa shape index (κ2) is 6.61. The summed E-state index contributed by atoms with van der Waals surface area (Å²) in [6.45, 7) is 9.27. The van der Waals surface area contributed by atoms with Crippen LogP contribution in [0.5, 0.6) is 0 Å². The van der Waals surface area contributed by atoms with Gasteiger partial charge in [-0.1, -0.05) is 30.6 Å². The van der Waals surface area contributed by atoms with Crippen molar-refractivity contribution in [2.24, 2.45) is 16.8 Å². The molecule has 5 nitrogen and oxygen atoms in total. The minimum Gasteiger partial charge on any atom is -0.409 e. The molecule has 6 heteroatoms. The molecule has 1 rings (SSSR count). The van der Waals surface area contributed by atoms with Gasteiger partial charge in [-0.15, -0.1) is 0 Å². The molecule has 0 radical (unpaired) electrons. The number of amidine groups is 1. The lowest BCUT2D eigenvalue weighted by Gasteiger charge is -2.30. The average molecular weight is 285 g/mol. The van der Waals surface area contributed by atoms with Gasteiger partial charge < -0.3 is 15.8 Å².